The third-order valence-electron chi connectivity index (χ3n) is 2.65. The number of hydrogen-bond acceptors (Lipinski definition) is 2. The topological polar surface area (TPSA) is 37.4 Å². The Labute approximate surface area is 65.4 Å². The van der Waals surface area contributed by atoms with Gasteiger partial charge in [0.1, 0.15) is 6.29 Å². The van der Waals surface area contributed by atoms with Crippen LogP contribution in [0.2, 0.25) is 0 Å². The van der Waals surface area contributed by atoms with Gasteiger partial charge < -0.3 is 9.69 Å². The third-order valence-corrected chi connectivity index (χ3v) is 2.65. The molecule has 11 heavy (non-hydrogen) atoms. The molecule has 0 aliphatic carbocycles. The van der Waals surface area contributed by atoms with Crippen molar-refractivity contribution in [2.45, 2.75) is 25.3 Å². The molecule has 0 saturated carbocycles. The Morgan fingerprint density at radius 3 is 3.00 bits per heavy atom. The molecular formula is C8H11NO2. The van der Waals surface area contributed by atoms with Crippen LogP contribution >= 0.6 is 0 Å². The van der Waals surface area contributed by atoms with E-state index in [0.717, 1.165) is 19.1 Å². The number of carbonyl (C=O) groups excluding carboxylic acids is 2. The minimum absolute atomic E-state index is 0.115. The van der Waals surface area contributed by atoms with Crippen molar-refractivity contribution in [1.82, 2.24) is 4.90 Å². The number of aldehydes is 1. The van der Waals surface area contributed by atoms with Crippen LogP contribution in [-0.2, 0) is 9.59 Å². The van der Waals surface area contributed by atoms with Crippen molar-refractivity contribution in [3.63, 3.8) is 0 Å². The molecule has 2 rings (SSSR count). The molecule has 2 aliphatic heterocycles. The van der Waals surface area contributed by atoms with E-state index >= 15 is 0 Å². The molecular weight excluding hydrogens is 142 g/mol. The maximum atomic E-state index is 11.1. The molecule has 1 amide bonds. The lowest BCUT2D eigenvalue weighted by atomic mass is 10.1. The molecule has 0 aromatic heterocycles. The van der Waals surface area contributed by atoms with E-state index in [2.05, 4.69) is 0 Å². The number of fused-ring (bicyclic) bond motifs is 1. The van der Waals surface area contributed by atoms with Crippen LogP contribution in [0.4, 0.5) is 0 Å². The van der Waals surface area contributed by atoms with E-state index in [-0.39, 0.29) is 11.8 Å². The maximum Gasteiger partial charge on any atom is 0.222 e. The van der Waals surface area contributed by atoms with E-state index in [1.807, 2.05) is 4.90 Å². The van der Waals surface area contributed by atoms with Gasteiger partial charge in [0.15, 0.2) is 0 Å². The summed E-state index contributed by atoms with van der Waals surface area (Å²) in [6.45, 7) is 0.674. The van der Waals surface area contributed by atoms with Crippen LogP contribution < -0.4 is 0 Å². The lowest BCUT2D eigenvalue weighted by Crippen LogP contribution is -2.27. The Hall–Kier alpha value is -0.860. The third kappa shape index (κ3) is 0.951. The number of hydrogen-bond donors (Lipinski definition) is 0. The summed E-state index contributed by atoms with van der Waals surface area (Å²) in [4.78, 5) is 23.4. The van der Waals surface area contributed by atoms with Crippen molar-refractivity contribution in [2.24, 2.45) is 5.92 Å². The van der Waals surface area contributed by atoms with Crippen molar-refractivity contribution in [1.29, 1.82) is 0 Å². The number of rotatable bonds is 1. The van der Waals surface area contributed by atoms with Gasteiger partial charge in [-0.15, -0.1) is 0 Å². The summed E-state index contributed by atoms with van der Waals surface area (Å²) in [6, 6.07) is 0.387. The van der Waals surface area contributed by atoms with Gasteiger partial charge >= 0.3 is 0 Å². The minimum atomic E-state index is 0.115. The molecule has 0 unspecified atom stereocenters. The summed E-state index contributed by atoms with van der Waals surface area (Å²) < 4.78 is 0. The average Bonchev–Trinajstić information content (AvgIpc) is 2.53. The zero-order valence-electron chi connectivity index (χ0n) is 6.32. The van der Waals surface area contributed by atoms with Crippen LogP contribution in [0.5, 0.6) is 0 Å². The van der Waals surface area contributed by atoms with Crippen LogP contribution in [0.15, 0.2) is 0 Å². The molecule has 2 fully saturated rings. The fourth-order valence-electron chi connectivity index (χ4n) is 2.06. The first-order valence-electron chi connectivity index (χ1n) is 4.06. The molecule has 0 spiro atoms. The summed E-state index contributed by atoms with van der Waals surface area (Å²) in [5.74, 6) is 0.351. The molecule has 0 aromatic rings. The average molecular weight is 153 g/mol. The van der Waals surface area contributed by atoms with Crippen molar-refractivity contribution < 1.29 is 9.59 Å². The highest BCUT2D eigenvalue weighted by Gasteiger charge is 2.39. The van der Waals surface area contributed by atoms with Gasteiger partial charge in [-0.2, -0.15) is 0 Å². The van der Waals surface area contributed by atoms with Crippen LogP contribution in [0, 0.1) is 5.92 Å². The zero-order valence-corrected chi connectivity index (χ0v) is 6.32. The standard InChI is InChI=1S/C8H11NO2/c10-5-6-3-7-1-2-8(11)9(7)4-6/h5-7H,1-4H2/t6-,7-/m1/s1. The molecule has 0 bridgehead atoms. The summed E-state index contributed by atoms with van der Waals surface area (Å²) >= 11 is 0. The van der Waals surface area contributed by atoms with E-state index in [4.69, 9.17) is 0 Å². The van der Waals surface area contributed by atoms with E-state index in [1.165, 1.54) is 0 Å². The van der Waals surface area contributed by atoms with Crippen LogP contribution in [0.3, 0.4) is 0 Å². The smallest absolute Gasteiger partial charge is 0.222 e. The largest absolute Gasteiger partial charge is 0.339 e. The van der Waals surface area contributed by atoms with Gasteiger partial charge in [-0.05, 0) is 12.8 Å². The molecule has 0 N–H and O–H groups in total. The van der Waals surface area contributed by atoms with E-state index in [1.54, 1.807) is 0 Å². The quantitative estimate of drug-likeness (QED) is 0.504. The number of nitrogens with zero attached hydrogens (tertiary/aromatic N) is 1. The Morgan fingerprint density at radius 1 is 1.55 bits per heavy atom. The fourth-order valence-corrected chi connectivity index (χ4v) is 2.06. The van der Waals surface area contributed by atoms with Gasteiger partial charge in [0.2, 0.25) is 5.91 Å². The lowest BCUT2D eigenvalue weighted by molar-refractivity contribution is -0.128. The van der Waals surface area contributed by atoms with Crippen molar-refractivity contribution in [3.05, 3.63) is 0 Å². The van der Waals surface area contributed by atoms with Crippen molar-refractivity contribution >= 4 is 12.2 Å². The van der Waals surface area contributed by atoms with Crippen LogP contribution in [0.1, 0.15) is 19.3 Å². The fraction of sp³-hybridized carbons (Fsp3) is 0.750. The predicted octanol–water partition coefficient (Wildman–Crippen LogP) is 0.196. The first-order valence-corrected chi connectivity index (χ1v) is 4.06. The zero-order chi connectivity index (χ0) is 7.84. The van der Waals surface area contributed by atoms with Crippen LogP contribution in [0.25, 0.3) is 0 Å². The second-order valence-electron chi connectivity index (χ2n) is 3.37. The molecule has 60 valence electrons. The summed E-state index contributed by atoms with van der Waals surface area (Å²) in [5, 5.41) is 0. The first-order chi connectivity index (χ1) is 5.31. The summed E-state index contributed by atoms with van der Waals surface area (Å²) in [6.07, 6.45) is 3.53. The van der Waals surface area contributed by atoms with Gasteiger partial charge in [-0.1, -0.05) is 0 Å². The maximum absolute atomic E-state index is 11.1. The highest BCUT2D eigenvalue weighted by atomic mass is 16.2. The second-order valence-corrected chi connectivity index (χ2v) is 3.37. The first kappa shape index (κ1) is 6.83. The Balaban J connectivity index is 2.09. The van der Waals surface area contributed by atoms with Gasteiger partial charge in [0.05, 0.1) is 0 Å². The Morgan fingerprint density at radius 2 is 2.36 bits per heavy atom. The predicted molar refractivity (Wildman–Crippen MR) is 38.9 cm³/mol. The molecule has 2 heterocycles. The van der Waals surface area contributed by atoms with E-state index < -0.39 is 0 Å². The number of carbonyl (C=O) groups is 2. The van der Waals surface area contributed by atoms with E-state index in [9.17, 15) is 9.59 Å². The Kier molecular flexibility index (Phi) is 1.44. The van der Waals surface area contributed by atoms with Crippen molar-refractivity contribution in [3.8, 4) is 0 Å². The monoisotopic (exact) mass is 153 g/mol. The van der Waals surface area contributed by atoms with Crippen LogP contribution in [-0.4, -0.2) is 29.7 Å². The normalized spacial score (nSPS) is 36.0. The van der Waals surface area contributed by atoms with Gasteiger partial charge in [0, 0.05) is 24.9 Å². The molecule has 2 saturated heterocycles. The molecule has 3 nitrogen and oxygen atoms in total. The van der Waals surface area contributed by atoms with Gasteiger partial charge in [0.25, 0.3) is 0 Å². The second kappa shape index (κ2) is 2.32. The van der Waals surface area contributed by atoms with Gasteiger partial charge in [-0.3, -0.25) is 4.79 Å². The summed E-state index contributed by atoms with van der Waals surface area (Å²) in [5.41, 5.74) is 0. The highest BCUT2D eigenvalue weighted by Crippen LogP contribution is 2.30. The highest BCUT2D eigenvalue weighted by molar-refractivity contribution is 5.80. The van der Waals surface area contributed by atoms with Crippen molar-refractivity contribution in [2.75, 3.05) is 6.54 Å². The lowest BCUT2D eigenvalue weighted by Gasteiger charge is -2.13. The molecule has 2 atom stereocenters. The summed E-state index contributed by atoms with van der Waals surface area (Å²) in [7, 11) is 0. The SMILES string of the molecule is O=C[C@@H]1C[C@H]2CCC(=O)N2C1. The minimum Gasteiger partial charge on any atom is -0.339 e. The molecule has 0 aromatic carbocycles. The molecule has 2 aliphatic rings. The number of amides is 1. The molecule has 3 heteroatoms. The van der Waals surface area contributed by atoms with E-state index in [0.29, 0.717) is 19.0 Å². The molecule has 0 radical (unpaired) electrons. The Bertz CT molecular complexity index is 202. The van der Waals surface area contributed by atoms with Gasteiger partial charge in [-0.25, -0.2) is 0 Å².